The molecule has 1 aliphatic rings. The van der Waals surface area contributed by atoms with Crippen molar-refractivity contribution in [3.8, 4) is 0 Å². The molecule has 0 amide bonds. The van der Waals surface area contributed by atoms with Crippen molar-refractivity contribution in [1.29, 1.82) is 0 Å². The van der Waals surface area contributed by atoms with Crippen molar-refractivity contribution in [2.45, 2.75) is 44.2 Å². The molecule has 6 nitrogen and oxygen atoms in total. The summed E-state index contributed by atoms with van der Waals surface area (Å²) < 4.78 is 25.1. The number of nitrogen functional groups attached to an aromatic ring is 1. The molecule has 0 radical (unpaired) electrons. The Morgan fingerprint density at radius 2 is 2.17 bits per heavy atom. The number of hydrogen-bond donors (Lipinski definition) is 2. The van der Waals surface area contributed by atoms with Gasteiger partial charge in [-0.05, 0) is 32.6 Å². The Bertz CT molecular complexity index is 546. The van der Waals surface area contributed by atoms with E-state index in [1.165, 1.54) is 17.5 Å². The van der Waals surface area contributed by atoms with E-state index in [0.29, 0.717) is 18.3 Å². The minimum Gasteiger partial charge on any atom is -0.383 e. The predicted octanol–water partition coefficient (Wildman–Crippen LogP) is 1.10. The van der Waals surface area contributed by atoms with E-state index in [1.807, 2.05) is 13.8 Å². The Labute approximate surface area is 107 Å². The Morgan fingerprint density at radius 1 is 1.56 bits per heavy atom. The topological polar surface area (TPSA) is 90.0 Å². The van der Waals surface area contributed by atoms with Gasteiger partial charge in [-0.25, -0.2) is 13.1 Å². The van der Waals surface area contributed by atoms with Crippen LogP contribution in [0.25, 0.3) is 0 Å². The number of sulfone groups is 1. The molecule has 1 aliphatic carbocycles. The fourth-order valence-corrected chi connectivity index (χ4v) is 3.03. The first-order chi connectivity index (χ1) is 8.34. The van der Waals surface area contributed by atoms with Gasteiger partial charge >= 0.3 is 0 Å². The Balaban J connectivity index is 2.38. The first kappa shape index (κ1) is 13.2. The SMILES string of the molecule is CCn1nc(NC(C)C2CC2)c(S(C)(=O)=O)c1N. The van der Waals surface area contributed by atoms with Crippen molar-refractivity contribution in [1.82, 2.24) is 9.78 Å². The molecule has 1 aromatic rings. The molecule has 2 rings (SSSR count). The first-order valence-electron chi connectivity index (χ1n) is 6.17. The lowest BCUT2D eigenvalue weighted by molar-refractivity contribution is 0.602. The van der Waals surface area contributed by atoms with Gasteiger partial charge in [-0.2, -0.15) is 5.10 Å². The van der Waals surface area contributed by atoms with Gasteiger partial charge in [0, 0.05) is 18.8 Å². The average Bonchev–Trinajstić information content (AvgIpc) is 3.03. The van der Waals surface area contributed by atoms with E-state index in [4.69, 9.17) is 5.73 Å². The Morgan fingerprint density at radius 3 is 2.61 bits per heavy atom. The molecular weight excluding hydrogens is 252 g/mol. The molecule has 7 heteroatoms. The van der Waals surface area contributed by atoms with Crippen molar-refractivity contribution in [3.05, 3.63) is 0 Å². The maximum absolute atomic E-state index is 11.8. The van der Waals surface area contributed by atoms with Crippen molar-refractivity contribution in [3.63, 3.8) is 0 Å². The highest BCUT2D eigenvalue weighted by Gasteiger charge is 2.31. The second kappa shape index (κ2) is 4.46. The largest absolute Gasteiger partial charge is 0.383 e. The number of nitrogens with zero attached hydrogens (tertiary/aromatic N) is 2. The monoisotopic (exact) mass is 272 g/mol. The zero-order chi connectivity index (χ0) is 13.5. The summed E-state index contributed by atoms with van der Waals surface area (Å²) in [5.41, 5.74) is 5.85. The molecule has 0 saturated heterocycles. The van der Waals surface area contributed by atoms with Crippen molar-refractivity contribution in [2.24, 2.45) is 5.92 Å². The van der Waals surface area contributed by atoms with Gasteiger partial charge in [0.1, 0.15) is 5.82 Å². The molecular formula is C11H20N4O2S. The summed E-state index contributed by atoms with van der Waals surface area (Å²) >= 11 is 0. The lowest BCUT2D eigenvalue weighted by Gasteiger charge is -2.12. The van der Waals surface area contributed by atoms with Gasteiger partial charge in [0.25, 0.3) is 0 Å². The summed E-state index contributed by atoms with van der Waals surface area (Å²) in [6.07, 6.45) is 3.53. The summed E-state index contributed by atoms with van der Waals surface area (Å²) in [6, 6.07) is 0.227. The van der Waals surface area contributed by atoms with E-state index in [0.717, 1.165) is 6.26 Å². The summed E-state index contributed by atoms with van der Waals surface area (Å²) in [7, 11) is -3.38. The molecule has 0 aliphatic heterocycles. The van der Waals surface area contributed by atoms with Crippen molar-refractivity contribution >= 4 is 21.5 Å². The number of aromatic nitrogens is 2. The normalized spacial score (nSPS) is 17.7. The van der Waals surface area contributed by atoms with Crippen LogP contribution >= 0.6 is 0 Å². The van der Waals surface area contributed by atoms with Crippen LogP contribution in [0.4, 0.5) is 11.6 Å². The second-order valence-electron chi connectivity index (χ2n) is 4.92. The van der Waals surface area contributed by atoms with E-state index in [1.54, 1.807) is 0 Å². The smallest absolute Gasteiger partial charge is 0.182 e. The third-order valence-electron chi connectivity index (χ3n) is 3.31. The number of aryl methyl sites for hydroxylation is 1. The molecule has 1 heterocycles. The summed E-state index contributed by atoms with van der Waals surface area (Å²) in [5.74, 6) is 1.21. The van der Waals surface area contributed by atoms with Gasteiger partial charge in [0.15, 0.2) is 20.6 Å². The van der Waals surface area contributed by atoms with E-state index in [9.17, 15) is 8.42 Å². The molecule has 1 unspecified atom stereocenters. The number of nitrogens with two attached hydrogens (primary N) is 1. The number of rotatable bonds is 5. The minimum absolute atomic E-state index is 0.122. The molecule has 1 saturated carbocycles. The van der Waals surface area contributed by atoms with Gasteiger partial charge in [0.05, 0.1) is 0 Å². The number of anilines is 2. The van der Waals surface area contributed by atoms with Gasteiger partial charge < -0.3 is 11.1 Å². The zero-order valence-corrected chi connectivity index (χ0v) is 11.8. The molecule has 102 valence electrons. The highest BCUT2D eigenvalue weighted by atomic mass is 32.2. The maximum Gasteiger partial charge on any atom is 0.182 e. The number of hydrogen-bond acceptors (Lipinski definition) is 5. The van der Waals surface area contributed by atoms with Crippen LogP contribution in [0.15, 0.2) is 4.90 Å². The minimum atomic E-state index is -3.38. The van der Waals surface area contributed by atoms with Gasteiger partial charge in [0.2, 0.25) is 0 Å². The number of nitrogens with one attached hydrogen (secondary N) is 1. The third kappa shape index (κ3) is 2.45. The van der Waals surface area contributed by atoms with Gasteiger partial charge in [-0.15, -0.1) is 0 Å². The maximum atomic E-state index is 11.8. The van der Waals surface area contributed by atoms with E-state index >= 15 is 0 Å². The molecule has 0 spiro atoms. The fraction of sp³-hybridized carbons (Fsp3) is 0.727. The van der Waals surface area contributed by atoms with Crippen LogP contribution in [0.3, 0.4) is 0 Å². The summed E-state index contributed by atoms with van der Waals surface area (Å²) in [4.78, 5) is 0.122. The third-order valence-corrected chi connectivity index (χ3v) is 4.45. The highest BCUT2D eigenvalue weighted by molar-refractivity contribution is 7.91. The van der Waals surface area contributed by atoms with E-state index in [-0.39, 0.29) is 16.8 Å². The molecule has 0 bridgehead atoms. The van der Waals surface area contributed by atoms with Crippen molar-refractivity contribution in [2.75, 3.05) is 17.3 Å². The summed E-state index contributed by atoms with van der Waals surface area (Å²) in [5, 5.41) is 7.43. The van der Waals surface area contributed by atoms with Gasteiger partial charge in [-0.1, -0.05) is 0 Å². The zero-order valence-electron chi connectivity index (χ0n) is 11.0. The molecule has 1 aromatic heterocycles. The van der Waals surface area contributed by atoms with Crippen LogP contribution in [0, 0.1) is 5.92 Å². The molecule has 1 atom stereocenters. The first-order valence-corrected chi connectivity index (χ1v) is 8.06. The second-order valence-corrected chi connectivity index (χ2v) is 6.87. The lowest BCUT2D eigenvalue weighted by atomic mass is 10.2. The Hall–Kier alpha value is -1.24. The quantitative estimate of drug-likeness (QED) is 0.837. The van der Waals surface area contributed by atoms with Crippen LogP contribution in [0.5, 0.6) is 0 Å². The predicted molar refractivity (Wildman–Crippen MR) is 71.2 cm³/mol. The van der Waals surface area contributed by atoms with Crippen LogP contribution in [0.2, 0.25) is 0 Å². The highest BCUT2D eigenvalue weighted by Crippen LogP contribution is 2.35. The summed E-state index contributed by atoms with van der Waals surface area (Å²) in [6.45, 7) is 4.47. The average molecular weight is 272 g/mol. The van der Waals surface area contributed by atoms with Gasteiger partial charge in [-0.3, -0.25) is 0 Å². The van der Waals surface area contributed by atoms with E-state index < -0.39 is 9.84 Å². The lowest BCUT2D eigenvalue weighted by Crippen LogP contribution is -2.19. The molecule has 3 N–H and O–H groups in total. The van der Waals surface area contributed by atoms with Crippen molar-refractivity contribution < 1.29 is 8.42 Å². The molecule has 1 fully saturated rings. The van der Waals surface area contributed by atoms with Crippen LogP contribution in [-0.4, -0.2) is 30.5 Å². The molecule has 18 heavy (non-hydrogen) atoms. The molecule has 0 aromatic carbocycles. The fourth-order valence-electron chi connectivity index (χ4n) is 2.09. The standard InChI is InChI=1S/C11H20N4O2S/c1-4-15-10(12)9(18(3,16)17)11(14-15)13-7(2)8-5-6-8/h7-8H,4-6,12H2,1-3H3,(H,13,14). The van der Waals surface area contributed by atoms with E-state index in [2.05, 4.69) is 10.4 Å². The Kier molecular flexibility index (Phi) is 3.27. The van der Waals surface area contributed by atoms with Crippen LogP contribution in [-0.2, 0) is 16.4 Å². The van der Waals surface area contributed by atoms with Crippen LogP contribution in [0.1, 0.15) is 26.7 Å². The van der Waals surface area contributed by atoms with Crippen LogP contribution < -0.4 is 11.1 Å².